The molecule has 0 unspecified atom stereocenters. The fraction of sp³-hybridized carbons (Fsp3) is 0.619. The van der Waals surface area contributed by atoms with Crippen LogP contribution in [0.2, 0.25) is 0 Å². The van der Waals surface area contributed by atoms with Crippen LogP contribution in [0.25, 0.3) is 0 Å². The molecule has 2 aliphatic heterocycles. The Hall–Kier alpha value is -3.30. The summed E-state index contributed by atoms with van der Waals surface area (Å²) in [7, 11) is 0. The number of pyridine rings is 1. The van der Waals surface area contributed by atoms with E-state index in [1.54, 1.807) is 0 Å². The molecule has 4 N–H and O–H groups in total. The first-order chi connectivity index (χ1) is 17.0. The van der Waals surface area contributed by atoms with Crippen LogP contribution in [0.3, 0.4) is 0 Å². The Kier molecular flexibility index (Phi) is 11.4. The van der Waals surface area contributed by atoms with Crippen LogP contribution in [0, 0.1) is 0 Å². The lowest BCUT2D eigenvalue weighted by Crippen LogP contribution is -2.55. The smallest absolute Gasteiger partial charge is 0.475 e. The highest BCUT2D eigenvalue weighted by Gasteiger charge is 2.39. The number of nitrogens with zero attached hydrogens (tertiary/aromatic N) is 2. The molecule has 0 bridgehead atoms. The molecular weight excluding hydrogens is 518 g/mol. The lowest BCUT2D eigenvalue weighted by atomic mass is 10.1. The zero-order valence-corrected chi connectivity index (χ0v) is 20.1. The van der Waals surface area contributed by atoms with E-state index >= 15 is 0 Å². The van der Waals surface area contributed by atoms with Gasteiger partial charge in [0, 0.05) is 31.7 Å². The quantitative estimate of drug-likeness (QED) is 0.419. The number of ether oxygens (including phenoxy) is 1. The van der Waals surface area contributed by atoms with Crippen LogP contribution in [-0.4, -0.2) is 77.3 Å². The van der Waals surface area contributed by atoms with Crippen LogP contribution in [0.5, 0.6) is 0 Å². The number of alkyl carbamates (subject to hydrolysis) is 1. The zero-order chi connectivity index (χ0) is 28.6. The third-order valence-corrected chi connectivity index (χ3v) is 5.07. The highest BCUT2D eigenvalue weighted by atomic mass is 19.4. The van der Waals surface area contributed by atoms with E-state index in [9.17, 15) is 31.1 Å². The molecule has 3 rings (SSSR count). The Morgan fingerprint density at radius 3 is 2.16 bits per heavy atom. The van der Waals surface area contributed by atoms with E-state index < -0.39 is 24.3 Å². The fourth-order valence-electron chi connectivity index (χ4n) is 3.41. The molecule has 0 spiro atoms. The monoisotopic (exact) mass is 546 g/mol. The maximum atomic E-state index is 11.7. The van der Waals surface area contributed by atoms with Crippen molar-refractivity contribution in [2.24, 2.45) is 0 Å². The number of alkyl halides is 6. The van der Waals surface area contributed by atoms with Crippen molar-refractivity contribution in [2.75, 3.05) is 24.5 Å². The fourth-order valence-corrected chi connectivity index (χ4v) is 3.41. The van der Waals surface area contributed by atoms with Gasteiger partial charge in [-0.15, -0.1) is 0 Å². The summed E-state index contributed by atoms with van der Waals surface area (Å²) in [5.74, 6) is -4.45. The summed E-state index contributed by atoms with van der Waals surface area (Å²) in [5, 5.41) is 20.5. The molecule has 0 aromatic carbocycles. The van der Waals surface area contributed by atoms with E-state index in [1.807, 2.05) is 19.9 Å². The molecule has 37 heavy (non-hydrogen) atoms. The van der Waals surface area contributed by atoms with E-state index in [0.29, 0.717) is 18.6 Å². The molecule has 3 heterocycles. The van der Waals surface area contributed by atoms with Gasteiger partial charge in [-0.2, -0.15) is 26.3 Å². The summed E-state index contributed by atoms with van der Waals surface area (Å²) in [6.07, 6.45) is -8.97. The van der Waals surface area contributed by atoms with Gasteiger partial charge in [-0.3, -0.25) is 0 Å². The number of carboxylic acids is 2. The molecule has 1 aromatic heterocycles. The summed E-state index contributed by atoms with van der Waals surface area (Å²) < 4.78 is 68.9. The van der Waals surface area contributed by atoms with Crippen LogP contribution in [-0.2, 0) is 20.7 Å². The van der Waals surface area contributed by atoms with Gasteiger partial charge in [0.05, 0.1) is 5.69 Å². The summed E-state index contributed by atoms with van der Waals surface area (Å²) in [5.41, 5.74) is 2.10. The lowest BCUT2D eigenvalue weighted by molar-refractivity contribution is -0.193. The molecule has 1 aromatic rings. The molecular formula is C21H28F6N4O6. The minimum Gasteiger partial charge on any atom is -0.475 e. The molecule has 0 aliphatic carbocycles. The first-order valence-electron chi connectivity index (χ1n) is 11.0. The molecule has 1 amide bonds. The van der Waals surface area contributed by atoms with Gasteiger partial charge < -0.3 is 30.5 Å². The molecule has 2 aliphatic rings. The number of nitrogens with one attached hydrogen (secondary N) is 2. The number of fused-ring (bicyclic) bond motifs is 3. The second-order valence-corrected chi connectivity index (χ2v) is 8.07. The number of piperazine rings is 1. The highest BCUT2D eigenvalue weighted by Crippen LogP contribution is 2.34. The van der Waals surface area contributed by atoms with E-state index in [4.69, 9.17) is 29.5 Å². The first-order valence-corrected chi connectivity index (χ1v) is 11.0. The van der Waals surface area contributed by atoms with Crippen LogP contribution >= 0.6 is 0 Å². The van der Waals surface area contributed by atoms with Crippen LogP contribution in [0.1, 0.15) is 44.6 Å². The summed E-state index contributed by atoms with van der Waals surface area (Å²) in [4.78, 5) is 36.7. The van der Waals surface area contributed by atoms with Crippen molar-refractivity contribution in [1.82, 2.24) is 15.6 Å². The van der Waals surface area contributed by atoms with Crippen molar-refractivity contribution in [3.05, 3.63) is 23.4 Å². The van der Waals surface area contributed by atoms with Crippen molar-refractivity contribution in [3.63, 3.8) is 0 Å². The number of hydrogen-bond donors (Lipinski definition) is 4. The number of amides is 1. The second-order valence-electron chi connectivity index (χ2n) is 8.07. The van der Waals surface area contributed by atoms with E-state index in [0.717, 1.165) is 37.4 Å². The number of carboxylic acid groups (broad SMARTS) is 2. The van der Waals surface area contributed by atoms with Crippen LogP contribution < -0.4 is 15.5 Å². The molecule has 1 fully saturated rings. The van der Waals surface area contributed by atoms with Gasteiger partial charge in [-0.05, 0) is 38.3 Å². The predicted octanol–water partition coefficient (Wildman–Crippen LogP) is 3.27. The van der Waals surface area contributed by atoms with E-state index in [2.05, 4.69) is 28.5 Å². The molecule has 210 valence electrons. The van der Waals surface area contributed by atoms with Crippen molar-refractivity contribution >= 4 is 23.8 Å². The van der Waals surface area contributed by atoms with E-state index in [-0.39, 0.29) is 12.2 Å². The van der Waals surface area contributed by atoms with Gasteiger partial charge >= 0.3 is 30.4 Å². The Labute approximate surface area is 208 Å². The standard InChI is InChI=1S/C17H26N4O2.2C2HF3O2/c1-4-7-19-17(22)23-12(3)15-6-5-13-8-14-10-18-9-11(2)21(14)16(13)20-15;2*3-2(4,5)1(6)7/h5-6,11-12,14,18H,4,7-10H2,1-3H3,(H,19,22);2*(H,6,7)/t11-,12+,14-;;/m1../s1. The number of anilines is 1. The minimum atomic E-state index is -5.08. The van der Waals surface area contributed by atoms with Crippen LogP contribution in [0.4, 0.5) is 37.0 Å². The van der Waals surface area contributed by atoms with Gasteiger partial charge in [0.2, 0.25) is 0 Å². The van der Waals surface area contributed by atoms with Crippen molar-refractivity contribution in [1.29, 1.82) is 0 Å². The summed E-state index contributed by atoms with van der Waals surface area (Å²) >= 11 is 0. The van der Waals surface area contributed by atoms with E-state index in [1.165, 1.54) is 5.56 Å². The normalized spacial score (nSPS) is 19.1. The van der Waals surface area contributed by atoms with Gasteiger partial charge in [-0.25, -0.2) is 19.4 Å². The molecule has 1 saturated heterocycles. The maximum absolute atomic E-state index is 11.7. The molecule has 10 nitrogen and oxygen atoms in total. The Morgan fingerprint density at radius 2 is 1.68 bits per heavy atom. The lowest BCUT2D eigenvalue weighted by Gasteiger charge is -2.37. The molecule has 16 heteroatoms. The number of carbonyl (C=O) groups is 3. The average Bonchev–Trinajstić information content (AvgIpc) is 3.16. The van der Waals surface area contributed by atoms with Gasteiger partial charge in [0.25, 0.3) is 0 Å². The molecule has 0 radical (unpaired) electrons. The number of rotatable bonds is 4. The SMILES string of the molecule is CCCNC(=O)O[C@@H](C)c1ccc2c(n1)N1[C@@H](CNC[C@H]1C)C2.O=C(O)C(F)(F)F.O=C(O)C(F)(F)F. The molecule has 0 saturated carbocycles. The number of carbonyl (C=O) groups excluding carboxylic acids is 1. The third-order valence-electron chi connectivity index (χ3n) is 5.07. The maximum Gasteiger partial charge on any atom is 0.490 e. The van der Waals surface area contributed by atoms with Crippen molar-refractivity contribution in [2.45, 2.75) is 64.2 Å². The van der Waals surface area contributed by atoms with Crippen LogP contribution in [0.15, 0.2) is 12.1 Å². The second kappa shape index (κ2) is 13.3. The van der Waals surface area contributed by atoms with Gasteiger partial charge in [0.1, 0.15) is 11.9 Å². The summed E-state index contributed by atoms with van der Waals surface area (Å²) in [6.45, 7) is 8.71. The van der Waals surface area contributed by atoms with Gasteiger partial charge in [-0.1, -0.05) is 13.0 Å². The third kappa shape index (κ3) is 9.93. The first kappa shape index (κ1) is 31.7. The zero-order valence-electron chi connectivity index (χ0n) is 20.1. The highest BCUT2D eigenvalue weighted by molar-refractivity contribution is 5.73. The Morgan fingerprint density at radius 1 is 1.14 bits per heavy atom. The van der Waals surface area contributed by atoms with Crippen molar-refractivity contribution < 1.29 is 55.7 Å². The van der Waals surface area contributed by atoms with Gasteiger partial charge in [0.15, 0.2) is 0 Å². The number of hydrogen-bond acceptors (Lipinski definition) is 7. The average molecular weight is 546 g/mol. The van der Waals surface area contributed by atoms with Crippen molar-refractivity contribution in [3.8, 4) is 0 Å². The number of halogens is 6. The topological polar surface area (TPSA) is 141 Å². The Bertz CT molecular complexity index is 919. The number of aliphatic carboxylic acids is 2. The summed E-state index contributed by atoms with van der Waals surface area (Å²) in [6, 6.07) is 5.03. The largest absolute Gasteiger partial charge is 0.490 e. The Balaban J connectivity index is 0.000000404. The number of aromatic nitrogens is 1. The minimum absolute atomic E-state index is 0.352. The molecule has 3 atom stereocenters. The predicted molar refractivity (Wildman–Crippen MR) is 117 cm³/mol.